The van der Waals surface area contributed by atoms with Gasteiger partial charge in [-0.15, -0.1) is 0 Å². The van der Waals surface area contributed by atoms with E-state index in [1.807, 2.05) is 27.7 Å². The van der Waals surface area contributed by atoms with E-state index in [2.05, 4.69) is 5.32 Å². The molecule has 96 valence electrons. The number of hydrogen-bond acceptors (Lipinski definition) is 5. The normalized spacial score (nSPS) is 41.1. The van der Waals surface area contributed by atoms with Crippen LogP contribution in [0.3, 0.4) is 0 Å². The van der Waals surface area contributed by atoms with E-state index < -0.39 is 30.6 Å². The first-order chi connectivity index (χ1) is 7.26. The van der Waals surface area contributed by atoms with Gasteiger partial charge in [-0.25, -0.2) is 0 Å². The van der Waals surface area contributed by atoms with Gasteiger partial charge in [-0.3, -0.25) is 0 Å². The molecule has 4 N–H and O–H groups in total. The minimum absolute atomic E-state index is 0.269. The third kappa shape index (κ3) is 3.15. The molecule has 1 fully saturated rings. The molecule has 0 spiro atoms. The summed E-state index contributed by atoms with van der Waals surface area (Å²) in [6.45, 7) is 7.60. The van der Waals surface area contributed by atoms with Crippen molar-refractivity contribution < 1.29 is 20.1 Å². The van der Waals surface area contributed by atoms with Crippen LogP contribution in [0.1, 0.15) is 34.1 Å². The van der Waals surface area contributed by atoms with Crippen molar-refractivity contribution in [3.05, 3.63) is 0 Å². The van der Waals surface area contributed by atoms with Gasteiger partial charge >= 0.3 is 0 Å². The zero-order valence-corrected chi connectivity index (χ0v) is 10.3. The first-order valence-electron chi connectivity index (χ1n) is 5.73. The maximum absolute atomic E-state index is 9.92. The van der Waals surface area contributed by atoms with Crippen molar-refractivity contribution in [2.24, 2.45) is 0 Å². The molecule has 5 heteroatoms. The van der Waals surface area contributed by atoms with Crippen LogP contribution in [0.5, 0.6) is 0 Å². The molecule has 0 aromatic rings. The summed E-state index contributed by atoms with van der Waals surface area (Å²) in [4.78, 5) is 0. The zero-order chi connectivity index (χ0) is 12.5. The van der Waals surface area contributed by atoms with Crippen LogP contribution >= 0.6 is 0 Å². The standard InChI is InChI=1S/C11H23NO4/c1-5-6-8(13)9(14)7(10(15)16-6)12-11(2,3)4/h6-10,12-15H,5H2,1-4H3. The largest absolute Gasteiger partial charge is 0.388 e. The van der Waals surface area contributed by atoms with Crippen LogP contribution in [-0.4, -0.2) is 51.5 Å². The van der Waals surface area contributed by atoms with Crippen LogP contribution in [0, 0.1) is 0 Å². The summed E-state index contributed by atoms with van der Waals surface area (Å²) in [5.41, 5.74) is -0.269. The fraction of sp³-hybridized carbons (Fsp3) is 1.00. The van der Waals surface area contributed by atoms with Gasteiger partial charge in [-0.05, 0) is 27.2 Å². The molecule has 1 aliphatic heterocycles. The Hall–Kier alpha value is -0.200. The number of aliphatic hydroxyl groups is 3. The van der Waals surface area contributed by atoms with E-state index in [-0.39, 0.29) is 5.54 Å². The third-order valence-corrected chi connectivity index (χ3v) is 2.72. The lowest BCUT2D eigenvalue weighted by Crippen LogP contribution is -2.65. The molecular weight excluding hydrogens is 210 g/mol. The van der Waals surface area contributed by atoms with E-state index in [9.17, 15) is 15.3 Å². The van der Waals surface area contributed by atoms with E-state index in [1.165, 1.54) is 0 Å². The molecule has 1 heterocycles. The first-order valence-corrected chi connectivity index (χ1v) is 5.73. The summed E-state index contributed by atoms with van der Waals surface area (Å²) in [6, 6.07) is -0.669. The minimum atomic E-state index is -1.09. The quantitative estimate of drug-likeness (QED) is 0.521. The lowest BCUT2D eigenvalue weighted by molar-refractivity contribution is -0.250. The van der Waals surface area contributed by atoms with Crippen molar-refractivity contribution in [3.63, 3.8) is 0 Å². The van der Waals surface area contributed by atoms with Gasteiger partial charge in [0.05, 0.1) is 12.1 Å². The van der Waals surface area contributed by atoms with Crippen LogP contribution in [0.25, 0.3) is 0 Å². The van der Waals surface area contributed by atoms with Crippen molar-refractivity contribution in [2.75, 3.05) is 0 Å². The molecule has 5 unspecified atom stereocenters. The molecule has 5 atom stereocenters. The van der Waals surface area contributed by atoms with Crippen LogP contribution in [-0.2, 0) is 4.74 Å². The molecule has 16 heavy (non-hydrogen) atoms. The maximum atomic E-state index is 9.92. The fourth-order valence-electron chi connectivity index (χ4n) is 1.94. The summed E-state index contributed by atoms with van der Waals surface area (Å²) in [5.74, 6) is 0. The Morgan fingerprint density at radius 3 is 2.12 bits per heavy atom. The molecule has 1 saturated heterocycles. The zero-order valence-electron chi connectivity index (χ0n) is 10.3. The van der Waals surface area contributed by atoms with Crippen molar-refractivity contribution in [1.82, 2.24) is 5.32 Å². The Kier molecular flexibility index (Phi) is 4.31. The SMILES string of the molecule is CCC1OC(O)C(NC(C)(C)C)C(O)C1O. The van der Waals surface area contributed by atoms with E-state index in [0.717, 1.165) is 0 Å². The van der Waals surface area contributed by atoms with Gasteiger partial charge in [0.25, 0.3) is 0 Å². The molecule has 0 bridgehead atoms. The second-order valence-electron chi connectivity index (χ2n) is 5.37. The maximum Gasteiger partial charge on any atom is 0.173 e. The monoisotopic (exact) mass is 233 g/mol. The van der Waals surface area contributed by atoms with Crippen LogP contribution in [0.15, 0.2) is 0 Å². The van der Waals surface area contributed by atoms with Gasteiger partial charge in [-0.1, -0.05) is 6.92 Å². The summed E-state index contributed by atoms with van der Waals surface area (Å²) in [5, 5.41) is 32.5. The van der Waals surface area contributed by atoms with Crippen LogP contribution in [0.2, 0.25) is 0 Å². The Bertz CT molecular complexity index is 229. The van der Waals surface area contributed by atoms with Crippen molar-refractivity contribution in [1.29, 1.82) is 0 Å². The summed E-state index contributed by atoms with van der Waals surface area (Å²) < 4.78 is 5.26. The van der Waals surface area contributed by atoms with E-state index in [4.69, 9.17) is 4.74 Å². The number of aliphatic hydroxyl groups excluding tert-OH is 3. The number of ether oxygens (including phenoxy) is 1. The predicted octanol–water partition coefficient (Wildman–Crippen LogP) is -0.408. The van der Waals surface area contributed by atoms with E-state index in [1.54, 1.807) is 0 Å². The second-order valence-corrected chi connectivity index (χ2v) is 5.37. The van der Waals surface area contributed by atoms with Gasteiger partial charge in [-0.2, -0.15) is 0 Å². The Labute approximate surface area is 96.4 Å². The lowest BCUT2D eigenvalue weighted by Gasteiger charge is -2.43. The van der Waals surface area contributed by atoms with Gasteiger partial charge in [0.1, 0.15) is 12.2 Å². The summed E-state index contributed by atoms with van der Waals surface area (Å²) in [6.07, 6.45) is -3.04. The fourth-order valence-corrected chi connectivity index (χ4v) is 1.94. The molecule has 0 aromatic heterocycles. The molecule has 5 nitrogen and oxygen atoms in total. The molecule has 0 aliphatic carbocycles. The second kappa shape index (κ2) is 4.98. The molecular formula is C11H23NO4. The lowest BCUT2D eigenvalue weighted by atomic mass is 9.93. The Morgan fingerprint density at radius 2 is 1.69 bits per heavy atom. The number of rotatable bonds is 2. The van der Waals surface area contributed by atoms with Gasteiger partial charge in [0.15, 0.2) is 6.29 Å². The number of nitrogens with one attached hydrogen (secondary N) is 1. The highest BCUT2D eigenvalue weighted by Gasteiger charge is 2.44. The first kappa shape index (κ1) is 13.9. The van der Waals surface area contributed by atoms with Crippen molar-refractivity contribution in [3.8, 4) is 0 Å². The van der Waals surface area contributed by atoms with Crippen LogP contribution in [0.4, 0.5) is 0 Å². The average molecular weight is 233 g/mol. The van der Waals surface area contributed by atoms with Gasteiger partial charge < -0.3 is 25.4 Å². The Balaban J connectivity index is 2.72. The number of hydrogen-bond donors (Lipinski definition) is 4. The smallest absolute Gasteiger partial charge is 0.173 e. The van der Waals surface area contributed by atoms with Crippen LogP contribution < -0.4 is 5.32 Å². The molecule has 1 aliphatic rings. The predicted molar refractivity (Wildman–Crippen MR) is 59.9 cm³/mol. The molecule has 0 aromatic carbocycles. The molecule has 0 amide bonds. The van der Waals surface area contributed by atoms with Gasteiger partial charge in [0, 0.05) is 5.54 Å². The van der Waals surface area contributed by atoms with Gasteiger partial charge in [0.2, 0.25) is 0 Å². The van der Waals surface area contributed by atoms with E-state index >= 15 is 0 Å². The minimum Gasteiger partial charge on any atom is -0.388 e. The molecule has 0 radical (unpaired) electrons. The molecule has 1 rings (SSSR count). The highest BCUT2D eigenvalue weighted by atomic mass is 16.6. The molecule has 0 saturated carbocycles. The summed E-state index contributed by atoms with van der Waals surface area (Å²) >= 11 is 0. The average Bonchev–Trinajstić information content (AvgIpc) is 2.17. The van der Waals surface area contributed by atoms with Crippen molar-refractivity contribution in [2.45, 2.75) is 70.3 Å². The van der Waals surface area contributed by atoms with Crippen molar-refractivity contribution >= 4 is 0 Å². The Morgan fingerprint density at radius 1 is 1.12 bits per heavy atom. The highest BCUT2D eigenvalue weighted by molar-refractivity contribution is 4.94. The van der Waals surface area contributed by atoms with E-state index in [0.29, 0.717) is 6.42 Å². The third-order valence-electron chi connectivity index (χ3n) is 2.72. The highest BCUT2D eigenvalue weighted by Crippen LogP contribution is 2.23. The topological polar surface area (TPSA) is 82.0 Å². The summed E-state index contributed by atoms with van der Waals surface area (Å²) in [7, 11) is 0.